The van der Waals surface area contributed by atoms with Crippen molar-refractivity contribution in [2.24, 2.45) is 23.7 Å². The first-order valence-electron chi connectivity index (χ1n) is 40.8. The summed E-state index contributed by atoms with van der Waals surface area (Å²) in [6, 6.07) is 0. The average molecular weight is 1440 g/mol. The highest BCUT2D eigenvalue weighted by atomic mass is 31.2. The molecule has 19 heteroatoms. The molecule has 582 valence electrons. The van der Waals surface area contributed by atoms with Crippen molar-refractivity contribution in [1.29, 1.82) is 0 Å². The number of esters is 4. The van der Waals surface area contributed by atoms with Gasteiger partial charge in [-0.3, -0.25) is 37.3 Å². The van der Waals surface area contributed by atoms with Crippen LogP contribution in [0, 0.1) is 23.7 Å². The van der Waals surface area contributed by atoms with Crippen LogP contribution in [0.4, 0.5) is 0 Å². The Morgan fingerprint density at radius 3 is 0.724 bits per heavy atom. The van der Waals surface area contributed by atoms with Gasteiger partial charge in [0.25, 0.3) is 0 Å². The van der Waals surface area contributed by atoms with E-state index < -0.39 is 97.5 Å². The molecule has 0 spiro atoms. The van der Waals surface area contributed by atoms with Crippen molar-refractivity contribution in [1.82, 2.24) is 0 Å². The maximum absolute atomic E-state index is 13.1. The molecule has 7 atom stereocenters. The molecule has 0 amide bonds. The molecule has 3 N–H and O–H groups in total. The van der Waals surface area contributed by atoms with Crippen LogP contribution in [0.2, 0.25) is 0 Å². The number of unbranched alkanes of at least 4 members (excludes halogenated alkanes) is 40. The highest BCUT2D eigenvalue weighted by Gasteiger charge is 2.30. The standard InChI is InChI=1S/C79H154O17P2/c1-9-71(7)57-49-41-33-25-15-13-11-12-14-16-29-37-45-53-61-78(83)95-74(65-90-77(82)60-52-44-36-28-22-19-26-34-42-50-58-72(8)10-2)67-93-97(85,86)91-63-73(80)64-92-98(87,88)94-68-75(96-79(84)62-54-46-38-30-21-18-24-32-40-48-56-70(5)6)66-89-76(81)59-51-43-35-27-20-17-23-31-39-47-55-69(3)4/h69-75,80H,9-68H2,1-8H3,(H,85,86)(H,87,88)/t71?,72?,73-,74-,75-/m1/s1. The Hall–Kier alpha value is -1.94. The van der Waals surface area contributed by atoms with E-state index in [2.05, 4.69) is 55.4 Å². The molecule has 0 saturated heterocycles. The van der Waals surface area contributed by atoms with Crippen molar-refractivity contribution in [3.05, 3.63) is 0 Å². The summed E-state index contributed by atoms with van der Waals surface area (Å²) >= 11 is 0. The second-order valence-electron chi connectivity index (χ2n) is 29.9. The Morgan fingerprint density at radius 1 is 0.286 bits per heavy atom. The van der Waals surface area contributed by atoms with E-state index in [1.165, 1.54) is 205 Å². The van der Waals surface area contributed by atoms with E-state index in [0.29, 0.717) is 25.7 Å². The molecule has 0 fully saturated rings. The van der Waals surface area contributed by atoms with Crippen molar-refractivity contribution < 1.29 is 80.2 Å². The van der Waals surface area contributed by atoms with Crippen LogP contribution >= 0.6 is 15.6 Å². The van der Waals surface area contributed by atoms with E-state index in [1.54, 1.807) is 0 Å². The minimum absolute atomic E-state index is 0.105. The molecule has 0 saturated carbocycles. The molecular formula is C79H154O17P2. The van der Waals surface area contributed by atoms with Gasteiger partial charge in [0, 0.05) is 25.7 Å². The van der Waals surface area contributed by atoms with Gasteiger partial charge in [0.1, 0.15) is 19.3 Å². The van der Waals surface area contributed by atoms with Crippen molar-refractivity contribution in [2.75, 3.05) is 39.6 Å². The molecule has 0 aromatic carbocycles. The number of aliphatic hydroxyl groups excluding tert-OH is 1. The van der Waals surface area contributed by atoms with Crippen molar-refractivity contribution in [3.8, 4) is 0 Å². The Kier molecular flexibility index (Phi) is 66.8. The fourth-order valence-electron chi connectivity index (χ4n) is 12.0. The normalized spacial score (nSPS) is 14.6. The van der Waals surface area contributed by atoms with Crippen molar-refractivity contribution in [2.45, 2.75) is 420 Å². The minimum Gasteiger partial charge on any atom is -0.462 e. The number of aliphatic hydroxyl groups is 1. The lowest BCUT2D eigenvalue weighted by Gasteiger charge is -2.21. The van der Waals surface area contributed by atoms with Crippen molar-refractivity contribution >= 4 is 39.5 Å². The Balaban J connectivity index is 5.28. The molecule has 0 heterocycles. The van der Waals surface area contributed by atoms with E-state index >= 15 is 0 Å². The molecule has 0 aromatic heterocycles. The van der Waals surface area contributed by atoms with Gasteiger partial charge in [-0.15, -0.1) is 0 Å². The van der Waals surface area contributed by atoms with Gasteiger partial charge in [-0.2, -0.15) is 0 Å². The zero-order valence-electron chi connectivity index (χ0n) is 64.4. The quantitative estimate of drug-likeness (QED) is 0.0222. The topological polar surface area (TPSA) is 237 Å². The smallest absolute Gasteiger partial charge is 0.462 e. The molecule has 98 heavy (non-hydrogen) atoms. The number of phosphoric ester groups is 2. The Bertz CT molecular complexity index is 1920. The Labute approximate surface area is 600 Å². The van der Waals surface area contributed by atoms with Gasteiger partial charge in [-0.05, 0) is 49.4 Å². The van der Waals surface area contributed by atoms with Crippen LogP contribution in [0.3, 0.4) is 0 Å². The monoisotopic (exact) mass is 1440 g/mol. The summed E-state index contributed by atoms with van der Waals surface area (Å²) in [5.74, 6) is 1.05. The molecule has 0 aliphatic rings. The number of rotatable bonds is 76. The van der Waals surface area contributed by atoms with Crippen LogP contribution in [-0.4, -0.2) is 96.7 Å². The van der Waals surface area contributed by atoms with Crippen molar-refractivity contribution in [3.63, 3.8) is 0 Å². The molecule has 0 radical (unpaired) electrons. The third kappa shape index (κ3) is 69.8. The number of carbonyl (C=O) groups excluding carboxylic acids is 4. The van der Waals surface area contributed by atoms with Gasteiger partial charge in [0.15, 0.2) is 12.2 Å². The predicted molar refractivity (Wildman–Crippen MR) is 400 cm³/mol. The zero-order chi connectivity index (χ0) is 72.4. The SMILES string of the molecule is CCC(C)CCCCCCCCCCCCCCCCC(=O)O[C@H](COC(=O)CCCCCCCCCCCCC(C)CC)COP(=O)(O)OC[C@@H](O)COP(=O)(O)OC[C@@H](COC(=O)CCCCCCCCCCCCC(C)C)OC(=O)CCCCCCCCCCCCC(C)C. The predicted octanol–water partition coefficient (Wildman–Crippen LogP) is 23.2. The summed E-state index contributed by atoms with van der Waals surface area (Å²) in [7, 11) is -9.92. The maximum atomic E-state index is 13.1. The molecule has 0 rings (SSSR count). The van der Waals surface area contributed by atoms with E-state index in [9.17, 15) is 43.2 Å². The van der Waals surface area contributed by atoms with Gasteiger partial charge >= 0.3 is 39.5 Å². The first-order valence-corrected chi connectivity index (χ1v) is 43.8. The van der Waals surface area contributed by atoms with Crippen LogP contribution in [0.25, 0.3) is 0 Å². The van der Waals surface area contributed by atoms with Gasteiger partial charge in [0.2, 0.25) is 0 Å². The third-order valence-electron chi connectivity index (χ3n) is 19.0. The molecule has 0 aromatic rings. The summed E-state index contributed by atoms with van der Waals surface area (Å²) in [4.78, 5) is 73.0. The number of carbonyl (C=O) groups is 4. The minimum atomic E-state index is -4.96. The first kappa shape index (κ1) is 96.1. The molecular weight excluding hydrogens is 1280 g/mol. The number of ether oxygens (including phenoxy) is 4. The summed E-state index contributed by atoms with van der Waals surface area (Å²) in [5, 5.41) is 10.6. The second-order valence-corrected chi connectivity index (χ2v) is 32.8. The molecule has 0 bridgehead atoms. The highest BCUT2D eigenvalue weighted by Crippen LogP contribution is 2.45. The average Bonchev–Trinajstić information content (AvgIpc) is 0.996. The molecule has 17 nitrogen and oxygen atoms in total. The molecule has 0 aliphatic carbocycles. The van der Waals surface area contributed by atoms with Gasteiger partial charge in [-0.1, -0.05) is 351 Å². The van der Waals surface area contributed by atoms with Crippen LogP contribution < -0.4 is 0 Å². The maximum Gasteiger partial charge on any atom is 0.472 e. The summed E-state index contributed by atoms with van der Waals surface area (Å²) < 4.78 is 68.7. The highest BCUT2D eigenvalue weighted by molar-refractivity contribution is 7.47. The largest absolute Gasteiger partial charge is 0.472 e. The van der Waals surface area contributed by atoms with Gasteiger partial charge in [-0.25, -0.2) is 9.13 Å². The summed E-state index contributed by atoms with van der Waals surface area (Å²) in [6.45, 7) is 14.3. The van der Waals surface area contributed by atoms with E-state index in [0.717, 1.165) is 114 Å². The fourth-order valence-corrected chi connectivity index (χ4v) is 13.6. The second kappa shape index (κ2) is 68.2. The number of hydrogen-bond acceptors (Lipinski definition) is 15. The van der Waals surface area contributed by atoms with E-state index in [-0.39, 0.29) is 25.7 Å². The van der Waals surface area contributed by atoms with Crippen LogP contribution in [0.5, 0.6) is 0 Å². The van der Waals surface area contributed by atoms with E-state index in [4.69, 9.17) is 37.0 Å². The number of hydrogen-bond donors (Lipinski definition) is 3. The van der Waals surface area contributed by atoms with Crippen LogP contribution in [-0.2, 0) is 65.4 Å². The van der Waals surface area contributed by atoms with Gasteiger partial charge < -0.3 is 33.8 Å². The van der Waals surface area contributed by atoms with Crippen LogP contribution in [0.1, 0.15) is 402 Å². The van der Waals surface area contributed by atoms with E-state index in [1.807, 2.05) is 0 Å². The summed E-state index contributed by atoms with van der Waals surface area (Å²) in [5.41, 5.74) is 0. The lowest BCUT2D eigenvalue weighted by Crippen LogP contribution is -2.30. The number of phosphoric acid groups is 2. The fraction of sp³-hybridized carbons (Fsp3) is 0.949. The zero-order valence-corrected chi connectivity index (χ0v) is 66.2. The molecule has 4 unspecified atom stereocenters. The van der Waals surface area contributed by atoms with Gasteiger partial charge in [0.05, 0.1) is 26.4 Å². The van der Waals surface area contributed by atoms with Crippen LogP contribution in [0.15, 0.2) is 0 Å². The summed E-state index contributed by atoms with van der Waals surface area (Å²) in [6.07, 6.45) is 53.9. The third-order valence-corrected chi connectivity index (χ3v) is 20.9. The first-order chi connectivity index (χ1) is 47.2. The Morgan fingerprint density at radius 2 is 0.490 bits per heavy atom. The molecule has 0 aliphatic heterocycles. The lowest BCUT2D eigenvalue weighted by molar-refractivity contribution is -0.161. The lowest BCUT2D eigenvalue weighted by atomic mass is 9.99.